The summed E-state index contributed by atoms with van der Waals surface area (Å²) in [5.74, 6) is -0.561. The summed E-state index contributed by atoms with van der Waals surface area (Å²) in [6, 6.07) is 4.58. The summed E-state index contributed by atoms with van der Waals surface area (Å²) in [6.45, 7) is 0. The van der Waals surface area contributed by atoms with Gasteiger partial charge in [-0.15, -0.1) is 0 Å². The predicted molar refractivity (Wildman–Crippen MR) is 75.0 cm³/mol. The van der Waals surface area contributed by atoms with Crippen LogP contribution in [0.4, 0.5) is 4.39 Å². The Hall–Kier alpha value is -0.720. The first-order valence-electron chi connectivity index (χ1n) is 4.65. The summed E-state index contributed by atoms with van der Waals surface area (Å²) in [5.41, 5.74) is 0.369. The van der Waals surface area contributed by atoms with E-state index in [0.717, 1.165) is 4.47 Å². The number of benzene rings is 1. The Morgan fingerprint density at radius 3 is 2.82 bits per heavy atom. The summed E-state index contributed by atoms with van der Waals surface area (Å²) in [6.07, 6.45) is 1.52. The predicted octanol–water partition coefficient (Wildman–Crippen LogP) is 3.42. The highest BCUT2D eigenvalue weighted by Crippen LogP contribution is 2.32. The Balaban J connectivity index is 2.40. The van der Waals surface area contributed by atoms with Gasteiger partial charge >= 0.3 is 0 Å². The zero-order valence-corrected chi connectivity index (χ0v) is 12.0. The molecule has 1 heterocycles. The highest BCUT2D eigenvalue weighted by Gasteiger charge is 2.28. The Bertz CT molecular complexity index is 544. The summed E-state index contributed by atoms with van der Waals surface area (Å²) >= 11 is 9.43. The van der Waals surface area contributed by atoms with Crippen molar-refractivity contribution in [2.45, 2.75) is 0 Å². The van der Waals surface area contributed by atoms with Crippen molar-refractivity contribution in [3.63, 3.8) is 0 Å². The molecule has 0 N–H and O–H groups in total. The number of thioether (sulfide) groups is 1. The van der Waals surface area contributed by atoms with E-state index in [1.165, 1.54) is 28.8 Å². The van der Waals surface area contributed by atoms with E-state index in [1.807, 2.05) is 0 Å². The number of nitrogens with zero attached hydrogens (tertiary/aromatic N) is 1. The third-order valence-electron chi connectivity index (χ3n) is 2.23. The van der Waals surface area contributed by atoms with Gasteiger partial charge in [0.05, 0.1) is 4.91 Å². The average molecular weight is 332 g/mol. The lowest BCUT2D eigenvalue weighted by Crippen LogP contribution is -2.22. The zero-order chi connectivity index (χ0) is 12.6. The maximum absolute atomic E-state index is 13.5. The molecular weight excluding hydrogens is 325 g/mol. The standard InChI is InChI=1S/C11H7BrFNOS2/c1-14-10(15)9(17-11(14)16)5-6-4-7(12)2-3-8(6)13/h2-5H,1H3. The van der Waals surface area contributed by atoms with E-state index >= 15 is 0 Å². The molecule has 2 nitrogen and oxygen atoms in total. The molecule has 1 aliphatic heterocycles. The molecule has 1 amide bonds. The Morgan fingerprint density at radius 2 is 2.24 bits per heavy atom. The molecule has 0 atom stereocenters. The van der Waals surface area contributed by atoms with Gasteiger partial charge in [-0.2, -0.15) is 0 Å². The number of carbonyl (C=O) groups excluding carboxylic acids is 1. The molecule has 0 spiro atoms. The molecular formula is C11H7BrFNOS2. The lowest BCUT2D eigenvalue weighted by Gasteiger charge is -2.03. The van der Waals surface area contributed by atoms with Crippen LogP contribution in [-0.2, 0) is 4.79 Å². The van der Waals surface area contributed by atoms with Crippen LogP contribution in [0.2, 0.25) is 0 Å². The quantitative estimate of drug-likeness (QED) is 0.581. The minimum Gasteiger partial charge on any atom is -0.296 e. The molecule has 6 heteroatoms. The van der Waals surface area contributed by atoms with Crippen molar-refractivity contribution < 1.29 is 9.18 Å². The number of amides is 1. The van der Waals surface area contributed by atoms with Gasteiger partial charge in [0.25, 0.3) is 5.91 Å². The molecule has 1 saturated heterocycles. The van der Waals surface area contributed by atoms with Crippen LogP contribution >= 0.6 is 39.9 Å². The van der Waals surface area contributed by atoms with Crippen molar-refractivity contribution in [2.75, 3.05) is 7.05 Å². The highest BCUT2D eigenvalue weighted by atomic mass is 79.9. The Morgan fingerprint density at radius 1 is 1.53 bits per heavy atom. The number of likely N-dealkylation sites (N-methyl/N-ethyl adjacent to an activating group) is 1. The second-order valence-electron chi connectivity index (χ2n) is 3.41. The fraction of sp³-hybridized carbons (Fsp3) is 0.0909. The highest BCUT2D eigenvalue weighted by molar-refractivity contribution is 9.10. The first-order chi connectivity index (χ1) is 7.99. The first kappa shape index (κ1) is 12.7. The second-order valence-corrected chi connectivity index (χ2v) is 6.00. The number of hydrogen-bond donors (Lipinski definition) is 0. The van der Waals surface area contributed by atoms with Crippen LogP contribution in [0.3, 0.4) is 0 Å². The average Bonchev–Trinajstić information content (AvgIpc) is 2.52. The summed E-state index contributed by atoms with van der Waals surface area (Å²) in [7, 11) is 1.61. The lowest BCUT2D eigenvalue weighted by molar-refractivity contribution is -0.121. The van der Waals surface area contributed by atoms with Gasteiger partial charge in [0.1, 0.15) is 10.1 Å². The van der Waals surface area contributed by atoms with Crippen molar-refractivity contribution in [1.82, 2.24) is 4.90 Å². The monoisotopic (exact) mass is 331 g/mol. The minimum atomic E-state index is -0.366. The molecule has 2 rings (SSSR count). The van der Waals surface area contributed by atoms with Crippen LogP contribution in [0.25, 0.3) is 6.08 Å². The molecule has 0 bridgehead atoms. The van der Waals surface area contributed by atoms with Crippen LogP contribution in [-0.4, -0.2) is 22.2 Å². The summed E-state index contributed by atoms with van der Waals surface area (Å²) in [4.78, 5) is 13.5. The van der Waals surface area contributed by atoms with E-state index in [0.29, 0.717) is 14.8 Å². The molecule has 0 radical (unpaired) electrons. The molecule has 0 saturated carbocycles. The number of halogens is 2. The van der Waals surface area contributed by atoms with Crippen molar-refractivity contribution >= 4 is 56.2 Å². The van der Waals surface area contributed by atoms with Crippen LogP contribution in [0.15, 0.2) is 27.6 Å². The first-order valence-corrected chi connectivity index (χ1v) is 6.67. The summed E-state index contributed by atoms with van der Waals surface area (Å²) in [5, 5.41) is 0. The molecule has 0 unspecified atom stereocenters. The SMILES string of the molecule is CN1C(=O)C(=Cc2cc(Br)ccc2F)SC1=S. The fourth-order valence-electron chi connectivity index (χ4n) is 1.31. The van der Waals surface area contributed by atoms with Gasteiger partial charge in [0, 0.05) is 17.1 Å². The van der Waals surface area contributed by atoms with Crippen LogP contribution in [0, 0.1) is 5.82 Å². The van der Waals surface area contributed by atoms with Gasteiger partial charge in [-0.1, -0.05) is 39.9 Å². The third-order valence-corrected chi connectivity index (χ3v) is 4.21. The van der Waals surface area contributed by atoms with Crippen LogP contribution in [0.1, 0.15) is 5.56 Å². The molecule has 0 aliphatic carbocycles. The van der Waals surface area contributed by atoms with Gasteiger partial charge in [-0.05, 0) is 24.3 Å². The van der Waals surface area contributed by atoms with Gasteiger partial charge in [0.2, 0.25) is 0 Å². The van der Waals surface area contributed by atoms with Gasteiger partial charge in [0.15, 0.2) is 0 Å². The van der Waals surface area contributed by atoms with Crippen molar-refractivity contribution in [2.24, 2.45) is 0 Å². The van der Waals surface area contributed by atoms with E-state index in [9.17, 15) is 9.18 Å². The van der Waals surface area contributed by atoms with Crippen molar-refractivity contribution in [1.29, 1.82) is 0 Å². The van der Waals surface area contributed by atoms with Crippen LogP contribution < -0.4 is 0 Å². The number of thiocarbonyl (C=S) groups is 1. The third kappa shape index (κ3) is 2.59. The lowest BCUT2D eigenvalue weighted by atomic mass is 10.2. The Labute approximate surface area is 116 Å². The van der Waals surface area contributed by atoms with Crippen molar-refractivity contribution in [3.8, 4) is 0 Å². The number of carbonyl (C=O) groups is 1. The van der Waals surface area contributed by atoms with E-state index in [-0.39, 0.29) is 11.7 Å². The van der Waals surface area contributed by atoms with Crippen molar-refractivity contribution in [3.05, 3.63) is 39.0 Å². The molecule has 17 heavy (non-hydrogen) atoms. The van der Waals surface area contributed by atoms with Gasteiger partial charge < -0.3 is 0 Å². The molecule has 1 aliphatic rings. The topological polar surface area (TPSA) is 20.3 Å². The molecule has 0 aromatic heterocycles. The molecule has 1 aromatic carbocycles. The minimum absolute atomic E-state index is 0.195. The Kier molecular flexibility index (Phi) is 3.65. The second kappa shape index (κ2) is 4.88. The van der Waals surface area contributed by atoms with Gasteiger partial charge in [-0.25, -0.2) is 4.39 Å². The van der Waals surface area contributed by atoms with E-state index < -0.39 is 0 Å². The maximum Gasteiger partial charge on any atom is 0.265 e. The van der Waals surface area contributed by atoms with E-state index in [1.54, 1.807) is 19.2 Å². The normalized spacial score (nSPS) is 18.3. The molecule has 88 valence electrons. The maximum atomic E-state index is 13.5. The fourth-order valence-corrected chi connectivity index (χ4v) is 2.86. The molecule has 1 aromatic rings. The summed E-state index contributed by atoms with van der Waals surface area (Å²) < 4.78 is 14.8. The largest absolute Gasteiger partial charge is 0.296 e. The molecule has 1 fully saturated rings. The smallest absolute Gasteiger partial charge is 0.265 e. The van der Waals surface area contributed by atoms with Gasteiger partial charge in [-0.3, -0.25) is 9.69 Å². The van der Waals surface area contributed by atoms with E-state index in [2.05, 4.69) is 15.9 Å². The van der Waals surface area contributed by atoms with E-state index in [4.69, 9.17) is 12.2 Å². The zero-order valence-electron chi connectivity index (χ0n) is 8.74. The van der Waals surface area contributed by atoms with Crippen LogP contribution in [0.5, 0.6) is 0 Å². The number of hydrogen-bond acceptors (Lipinski definition) is 3. The number of rotatable bonds is 1.